The van der Waals surface area contributed by atoms with Crippen LogP contribution in [0.5, 0.6) is 5.75 Å². The van der Waals surface area contributed by atoms with Gasteiger partial charge in [-0.05, 0) is 30.3 Å². The number of aromatic nitrogens is 1. The van der Waals surface area contributed by atoms with Gasteiger partial charge in [0.1, 0.15) is 11.3 Å². The number of alkyl halides is 3. The fourth-order valence-corrected chi connectivity index (χ4v) is 2.04. The van der Waals surface area contributed by atoms with Crippen molar-refractivity contribution in [1.82, 2.24) is 4.98 Å². The summed E-state index contributed by atoms with van der Waals surface area (Å²) in [5.41, 5.74) is 0.475. The monoisotopic (exact) mass is 293 g/mol. The van der Waals surface area contributed by atoms with Crippen LogP contribution in [-0.4, -0.2) is 12.1 Å². The highest BCUT2D eigenvalue weighted by atomic mass is 19.4. The van der Waals surface area contributed by atoms with Gasteiger partial charge in [-0.15, -0.1) is 0 Å². The Morgan fingerprint density at radius 1 is 1.10 bits per heavy atom. The molecule has 3 rings (SSSR count). The summed E-state index contributed by atoms with van der Waals surface area (Å²) in [5, 5.41) is 0. The molecule has 0 atom stereocenters. The second kappa shape index (κ2) is 4.80. The van der Waals surface area contributed by atoms with Gasteiger partial charge in [0, 0.05) is 0 Å². The molecule has 6 heteroatoms. The van der Waals surface area contributed by atoms with E-state index < -0.39 is 11.7 Å². The summed E-state index contributed by atoms with van der Waals surface area (Å²) in [7, 11) is 1.38. The zero-order valence-electron chi connectivity index (χ0n) is 10.9. The number of oxazole rings is 1. The average Bonchev–Trinajstić information content (AvgIpc) is 2.89. The highest BCUT2D eigenvalue weighted by Gasteiger charge is 2.31. The molecule has 0 unspecified atom stereocenters. The molecule has 0 saturated heterocycles. The van der Waals surface area contributed by atoms with Crippen molar-refractivity contribution in [3.8, 4) is 17.2 Å². The van der Waals surface area contributed by atoms with Crippen LogP contribution in [0.1, 0.15) is 5.56 Å². The number of ether oxygens (including phenoxy) is 1. The highest BCUT2D eigenvalue weighted by molar-refractivity contribution is 5.77. The molecule has 0 amide bonds. The van der Waals surface area contributed by atoms with E-state index in [4.69, 9.17) is 9.15 Å². The summed E-state index contributed by atoms with van der Waals surface area (Å²) >= 11 is 0. The van der Waals surface area contributed by atoms with Crippen molar-refractivity contribution in [3.63, 3.8) is 0 Å². The van der Waals surface area contributed by atoms with Crippen molar-refractivity contribution >= 4 is 11.1 Å². The second-order valence-corrected chi connectivity index (χ2v) is 4.40. The molecular formula is C15H10F3NO2. The molecule has 3 aromatic rings. The van der Waals surface area contributed by atoms with E-state index >= 15 is 0 Å². The van der Waals surface area contributed by atoms with Gasteiger partial charge in [-0.3, -0.25) is 0 Å². The van der Waals surface area contributed by atoms with Crippen molar-refractivity contribution in [1.29, 1.82) is 0 Å². The van der Waals surface area contributed by atoms with Gasteiger partial charge in [0.05, 0.1) is 18.2 Å². The minimum absolute atomic E-state index is 0.0964. The molecule has 0 aliphatic rings. The van der Waals surface area contributed by atoms with Crippen LogP contribution in [0.25, 0.3) is 22.6 Å². The van der Waals surface area contributed by atoms with Gasteiger partial charge < -0.3 is 9.15 Å². The number of benzene rings is 2. The van der Waals surface area contributed by atoms with Gasteiger partial charge >= 0.3 is 6.18 Å². The number of methoxy groups -OCH3 is 1. The molecule has 0 bridgehead atoms. The number of rotatable bonds is 2. The molecule has 0 N–H and O–H groups in total. The first-order valence-corrected chi connectivity index (χ1v) is 6.10. The zero-order valence-corrected chi connectivity index (χ0v) is 10.9. The van der Waals surface area contributed by atoms with Crippen molar-refractivity contribution in [3.05, 3.63) is 48.0 Å². The summed E-state index contributed by atoms with van der Waals surface area (Å²) in [6, 6.07) is 10.2. The van der Waals surface area contributed by atoms with Gasteiger partial charge in [0.15, 0.2) is 5.58 Å². The number of fused-ring (bicyclic) bond motifs is 1. The Labute approximate surface area is 118 Å². The largest absolute Gasteiger partial charge is 0.496 e. The van der Waals surface area contributed by atoms with Gasteiger partial charge in [-0.2, -0.15) is 13.2 Å². The molecule has 3 nitrogen and oxygen atoms in total. The predicted octanol–water partition coefficient (Wildman–Crippen LogP) is 4.52. The third-order valence-corrected chi connectivity index (χ3v) is 3.05. The first kappa shape index (κ1) is 13.5. The van der Waals surface area contributed by atoms with Crippen LogP contribution in [0.15, 0.2) is 46.9 Å². The van der Waals surface area contributed by atoms with Crippen molar-refractivity contribution in [2.75, 3.05) is 7.11 Å². The standard InChI is InChI=1S/C15H10F3NO2/c1-20-12-7-6-9(15(16,17)18)8-10(12)14-19-11-4-2-3-5-13(11)21-14/h2-8H,1H3. The zero-order chi connectivity index (χ0) is 15.0. The van der Waals surface area contributed by atoms with E-state index in [-0.39, 0.29) is 17.2 Å². The maximum Gasteiger partial charge on any atom is 0.416 e. The van der Waals surface area contributed by atoms with Gasteiger partial charge in [-0.25, -0.2) is 4.98 Å². The number of hydrogen-bond donors (Lipinski definition) is 0. The molecule has 0 aliphatic carbocycles. The van der Waals surface area contributed by atoms with E-state index in [1.807, 2.05) is 0 Å². The molecule has 1 aromatic heterocycles. The Balaban J connectivity index is 2.19. The summed E-state index contributed by atoms with van der Waals surface area (Å²) in [5.74, 6) is 0.369. The Kier molecular flexibility index (Phi) is 3.08. The summed E-state index contributed by atoms with van der Waals surface area (Å²) < 4.78 is 49.1. The first-order valence-electron chi connectivity index (χ1n) is 6.10. The van der Waals surface area contributed by atoms with Crippen LogP contribution in [0.3, 0.4) is 0 Å². The molecule has 0 fully saturated rings. The lowest BCUT2D eigenvalue weighted by atomic mass is 10.1. The predicted molar refractivity (Wildman–Crippen MR) is 71.0 cm³/mol. The SMILES string of the molecule is COc1ccc(C(F)(F)F)cc1-c1nc2ccccc2o1. The summed E-state index contributed by atoms with van der Waals surface area (Å²) in [6.45, 7) is 0. The minimum atomic E-state index is -4.44. The van der Waals surface area contributed by atoms with E-state index in [2.05, 4.69) is 4.98 Å². The van der Waals surface area contributed by atoms with Crippen LogP contribution in [0.2, 0.25) is 0 Å². The molecule has 1 heterocycles. The summed E-state index contributed by atoms with van der Waals surface area (Å²) in [6.07, 6.45) is -4.44. The third kappa shape index (κ3) is 2.44. The van der Waals surface area contributed by atoms with E-state index in [1.165, 1.54) is 13.2 Å². The van der Waals surface area contributed by atoms with Crippen molar-refractivity contribution in [2.45, 2.75) is 6.18 Å². The van der Waals surface area contributed by atoms with Crippen molar-refractivity contribution < 1.29 is 22.3 Å². The Bertz CT molecular complexity index is 760. The van der Waals surface area contributed by atoms with Gasteiger partial charge in [-0.1, -0.05) is 12.1 Å². The smallest absolute Gasteiger partial charge is 0.416 e. The number of nitrogens with zero attached hydrogens (tertiary/aromatic N) is 1. The lowest BCUT2D eigenvalue weighted by Gasteiger charge is -2.10. The van der Waals surface area contributed by atoms with Crippen LogP contribution in [-0.2, 0) is 6.18 Å². The Morgan fingerprint density at radius 3 is 2.52 bits per heavy atom. The lowest BCUT2D eigenvalue weighted by Crippen LogP contribution is -2.05. The molecule has 0 aliphatic heterocycles. The molecular weight excluding hydrogens is 283 g/mol. The maximum absolute atomic E-state index is 12.8. The molecule has 2 aromatic carbocycles. The highest BCUT2D eigenvalue weighted by Crippen LogP contribution is 2.37. The number of hydrogen-bond acceptors (Lipinski definition) is 3. The Hall–Kier alpha value is -2.50. The molecule has 0 saturated carbocycles. The molecule has 0 radical (unpaired) electrons. The normalized spacial score (nSPS) is 11.8. The van der Waals surface area contributed by atoms with Crippen LogP contribution in [0, 0.1) is 0 Å². The first-order chi connectivity index (χ1) is 9.99. The van der Waals surface area contributed by atoms with Crippen molar-refractivity contribution in [2.24, 2.45) is 0 Å². The number of para-hydroxylation sites is 2. The van der Waals surface area contributed by atoms with Crippen LogP contribution >= 0.6 is 0 Å². The molecule has 0 spiro atoms. The third-order valence-electron chi connectivity index (χ3n) is 3.05. The average molecular weight is 293 g/mol. The number of halogens is 3. The van der Waals surface area contributed by atoms with Crippen LogP contribution < -0.4 is 4.74 Å². The fourth-order valence-electron chi connectivity index (χ4n) is 2.04. The molecule has 21 heavy (non-hydrogen) atoms. The van der Waals surface area contributed by atoms with Gasteiger partial charge in [0.25, 0.3) is 0 Å². The van der Waals surface area contributed by atoms with E-state index in [9.17, 15) is 13.2 Å². The lowest BCUT2D eigenvalue weighted by molar-refractivity contribution is -0.137. The maximum atomic E-state index is 12.8. The second-order valence-electron chi connectivity index (χ2n) is 4.40. The fraction of sp³-hybridized carbons (Fsp3) is 0.133. The van der Waals surface area contributed by atoms with E-state index in [1.54, 1.807) is 24.3 Å². The quantitative estimate of drug-likeness (QED) is 0.696. The van der Waals surface area contributed by atoms with Gasteiger partial charge in [0.2, 0.25) is 5.89 Å². The van der Waals surface area contributed by atoms with Crippen LogP contribution in [0.4, 0.5) is 13.2 Å². The minimum Gasteiger partial charge on any atom is -0.496 e. The topological polar surface area (TPSA) is 35.3 Å². The summed E-state index contributed by atoms with van der Waals surface area (Å²) in [4.78, 5) is 4.20. The van der Waals surface area contributed by atoms with E-state index in [0.29, 0.717) is 11.1 Å². The Morgan fingerprint density at radius 2 is 1.86 bits per heavy atom. The van der Waals surface area contributed by atoms with E-state index in [0.717, 1.165) is 12.1 Å². The molecule has 108 valence electrons.